The minimum atomic E-state index is -0.459. The van der Waals surface area contributed by atoms with E-state index in [0.29, 0.717) is 23.5 Å². The van der Waals surface area contributed by atoms with Gasteiger partial charge in [-0.1, -0.05) is 442 Å². The van der Waals surface area contributed by atoms with Crippen LogP contribution in [0.1, 0.15) is 66.8 Å². The number of hydrogen-bond donors (Lipinski definition) is 0. The van der Waals surface area contributed by atoms with Gasteiger partial charge in [0, 0.05) is 94.9 Å². The first-order chi connectivity index (χ1) is 73.9. The van der Waals surface area contributed by atoms with Crippen molar-refractivity contribution in [2.45, 2.75) is 45.6 Å². The molecule has 0 atom stereocenters. The molecule has 9 heterocycles. The molecule has 694 valence electrons. The maximum absolute atomic E-state index is 5.42. The second kappa shape index (κ2) is 33.4. The zero-order valence-electron chi connectivity index (χ0n) is 80.0. The number of nitrogens with zero attached hydrogens (tertiary/aromatic N) is 10. The Labute approximate surface area is 870 Å². The Morgan fingerprint density at radius 3 is 1.06 bits per heavy atom. The number of rotatable bonds is 7. The lowest BCUT2D eigenvalue weighted by atomic mass is 9.67. The van der Waals surface area contributed by atoms with Gasteiger partial charge in [-0.2, -0.15) is 9.97 Å². The number of hydrogen-bond acceptors (Lipinski definition) is 10. The molecule has 0 saturated heterocycles. The first-order valence-corrected chi connectivity index (χ1v) is 53.0. The lowest BCUT2D eigenvalue weighted by molar-refractivity contribution is 0.723. The van der Waals surface area contributed by atoms with E-state index >= 15 is 0 Å². The van der Waals surface area contributed by atoms with Gasteiger partial charge in [0.15, 0.2) is 17.5 Å². The highest BCUT2D eigenvalue weighted by Gasteiger charge is 2.55. The molecule has 27 aromatic rings. The number of aromatic nitrogens is 10. The van der Waals surface area contributed by atoms with Crippen molar-refractivity contribution < 1.29 is 0 Å². The van der Waals surface area contributed by atoms with Crippen molar-refractivity contribution in [3.63, 3.8) is 0 Å². The zero-order valence-corrected chi connectivity index (χ0v) is 82.5. The highest BCUT2D eigenvalue weighted by molar-refractivity contribution is 8.00. The fourth-order valence-electron chi connectivity index (χ4n) is 25.6. The zero-order chi connectivity index (χ0) is 97.7. The average molecular weight is 1950 g/mol. The number of para-hydroxylation sites is 6. The molecular formula is C136H82N10S3. The second-order valence-corrected chi connectivity index (χ2v) is 42.2. The fourth-order valence-corrected chi connectivity index (χ4v) is 29.1. The summed E-state index contributed by atoms with van der Waals surface area (Å²) in [7, 11) is 0. The minimum Gasteiger partial charge on any atom is -0.292 e. The van der Waals surface area contributed by atoms with Gasteiger partial charge in [0.2, 0.25) is 11.9 Å². The van der Waals surface area contributed by atoms with Gasteiger partial charge >= 0.3 is 0 Å². The molecule has 3 spiro atoms. The summed E-state index contributed by atoms with van der Waals surface area (Å²) in [5.41, 5.74) is 37.3. The molecule has 6 aromatic heterocycles. The Morgan fingerprint density at radius 1 is 0.181 bits per heavy atom. The van der Waals surface area contributed by atoms with E-state index in [1.807, 2.05) is 89.9 Å². The third-order valence-corrected chi connectivity index (χ3v) is 34.9. The maximum Gasteiger partial charge on any atom is 0.238 e. The molecule has 0 unspecified atom stereocenters. The van der Waals surface area contributed by atoms with Crippen molar-refractivity contribution in [1.82, 2.24) is 48.6 Å². The van der Waals surface area contributed by atoms with Crippen molar-refractivity contribution in [1.29, 1.82) is 0 Å². The van der Waals surface area contributed by atoms with E-state index < -0.39 is 16.2 Å². The smallest absolute Gasteiger partial charge is 0.238 e. The summed E-state index contributed by atoms with van der Waals surface area (Å²) in [4.78, 5) is 44.6. The number of benzene rings is 21. The van der Waals surface area contributed by atoms with Crippen LogP contribution in [-0.2, 0) is 16.2 Å². The fraction of sp³-hybridized carbons (Fsp3) is 0.0221. The second-order valence-electron chi connectivity index (χ2n) is 38.9. The third kappa shape index (κ3) is 12.4. The average Bonchev–Trinajstić information content (AvgIpc) is 1.51. The first-order valence-electron chi connectivity index (χ1n) is 50.6. The Morgan fingerprint density at radius 2 is 0.544 bits per heavy atom. The summed E-state index contributed by atoms with van der Waals surface area (Å²) in [6.45, 7) is 0. The van der Waals surface area contributed by atoms with Crippen molar-refractivity contribution >= 4 is 123 Å². The van der Waals surface area contributed by atoms with E-state index in [2.05, 4.69) is 457 Å². The van der Waals surface area contributed by atoms with E-state index in [-0.39, 0.29) is 0 Å². The topological polar surface area (TPSA) is 105 Å². The summed E-state index contributed by atoms with van der Waals surface area (Å²) in [6, 6.07) is 179. The van der Waals surface area contributed by atoms with Crippen molar-refractivity contribution in [3.05, 3.63) is 564 Å². The minimum absolute atomic E-state index is 0.431. The van der Waals surface area contributed by atoms with Crippen LogP contribution >= 0.6 is 35.3 Å². The van der Waals surface area contributed by atoms with Gasteiger partial charge in [0.25, 0.3) is 0 Å². The van der Waals surface area contributed by atoms with Gasteiger partial charge < -0.3 is 0 Å². The Balaban J connectivity index is 0.000000101. The highest BCUT2D eigenvalue weighted by atomic mass is 32.2. The molecule has 0 amide bonds. The SMILES string of the molecule is c1ccc(-c2nc(-c3ccccc3)nc(-n3c4ccccc4c4c5c(ccc43)C3(c4ccccc4Sc4ccccc43)c3ccccc3-5)n2)cc1.c1ccc(-c2nc(-n3c4ccccc4c4ccc5c(c43)-c3ccccc3C53c4ccccc4Sc4ccccc43)nc3ccccc23)cc1.c1ccc(-c2nc3ccccc3nc2-n2c3ccccc3c3cc4c(cc32)-c2ccccc2C42c3ccccc3Sc3ccccc32)cc1. The summed E-state index contributed by atoms with van der Waals surface area (Å²) in [5.74, 6) is 3.39. The van der Waals surface area contributed by atoms with E-state index in [4.69, 9.17) is 34.9 Å². The maximum atomic E-state index is 5.42. The summed E-state index contributed by atoms with van der Waals surface area (Å²) in [5, 5.41) is 8.23. The first kappa shape index (κ1) is 85.2. The van der Waals surface area contributed by atoms with Gasteiger partial charge in [0.05, 0.1) is 71.6 Å². The molecule has 21 aromatic carbocycles. The monoisotopic (exact) mass is 1950 g/mol. The molecule has 3 aliphatic heterocycles. The molecule has 0 saturated carbocycles. The van der Waals surface area contributed by atoms with E-state index in [1.165, 1.54) is 162 Å². The highest BCUT2D eigenvalue weighted by Crippen LogP contribution is 2.68. The van der Waals surface area contributed by atoms with E-state index in [9.17, 15) is 0 Å². The van der Waals surface area contributed by atoms with Crippen LogP contribution in [0.4, 0.5) is 0 Å². The van der Waals surface area contributed by atoms with E-state index in [1.54, 1.807) is 0 Å². The Kier molecular flexibility index (Phi) is 19.1. The molecule has 0 radical (unpaired) electrons. The van der Waals surface area contributed by atoms with Crippen molar-refractivity contribution in [2.75, 3.05) is 0 Å². The predicted octanol–water partition coefficient (Wildman–Crippen LogP) is 33.6. The molecule has 6 aliphatic rings. The Bertz CT molecular complexity index is 10100. The van der Waals surface area contributed by atoms with Crippen LogP contribution in [0.5, 0.6) is 0 Å². The van der Waals surface area contributed by atoms with Gasteiger partial charge in [-0.05, 0) is 186 Å². The van der Waals surface area contributed by atoms with Gasteiger partial charge in [-0.3, -0.25) is 13.7 Å². The largest absolute Gasteiger partial charge is 0.292 e. The van der Waals surface area contributed by atoms with Crippen molar-refractivity contribution in [2.24, 2.45) is 0 Å². The van der Waals surface area contributed by atoms with Gasteiger partial charge in [-0.15, -0.1) is 0 Å². The lowest BCUT2D eigenvalue weighted by Crippen LogP contribution is -2.31. The molecule has 0 N–H and O–H groups in total. The summed E-state index contributed by atoms with van der Waals surface area (Å²) >= 11 is 5.63. The molecule has 149 heavy (non-hydrogen) atoms. The predicted molar refractivity (Wildman–Crippen MR) is 608 cm³/mol. The molecule has 0 bridgehead atoms. The van der Waals surface area contributed by atoms with Gasteiger partial charge in [0.1, 0.15) is 5.69 Å². The van der Waals surface area contributed by atoms with Crippen LogP contribution in [0.2, 0.25) is 0 Å². The van der Waals surface area contributed by atoms with E-state index in [0.717, 1.165) is 94.5 Å². The van der Waals surface area contributed by atoms with Gasteiger partial charge in [-0.25, -0.2) is 24.9 Å². The summed E-state index contributed by atoms with van der Waals surface area (Å²) < 4.78 is 6.91. The molecular weight excluding hydrogens is 1870 g/mol. The molecule has 13 heteroatoms. The van der Waals surface area contributed by atoms with Crippen LogP contribution in [0.3, 0.4) is 0 Å². The molecule has 3 aliphatic carbocycles. The normalized spacial score (nSPS) is 13.7. The molecule has 33 rings (SSSR count). The third-order valence-electron chi connectivity index (χ3n) is 31.5. The summed E-state index contributed by atoms with van der Waals surface area (Å²) in [6.07, 6.45) is 0. The molecule has 0 fully saturated rings. The Hall–Kier alpha value is -18.2. The van der Waals surface area contributed by atoms with Crippen LogP contribution < -0.4 is 0 Å². The molecule has 10 nitrogen and oxygen atoms in total. The van der Waals surface area contributed by atoms with Crippen LogP contribution in [0.15, 0.2) is 527 Å². The lowest BCUT2D eigenvalue weighted by Gasteiger charge is -2.39. The van der Waals surface area contributed by atoms with Crippen LogP contribution in [-0.4, -0.2) is 48.6 Å². The quantitative estimate of drug-likeness (QED) is 0.153. The number of fused-ring (bicyclic) bond motifs is 40. The van der Waals surface area contributed by atoms with Crippen LogP contribution in [0, 0.1) is 0 Å². The van der Waals surface area contributed by atoms with Crippen molar-refractivity contribution in [3.8, 4) is 96.4 Å². The van der Waals surface area contributed by atoms with Crippen LogP contribution in [0.25, 0.3) is 184 Å². The standard InChI is InChI=1S/C46H28N4S.2C45H27N3S/c1-3-15-29(16-4-1)43-47-44(30-17-5-2-6-18-30)49-45(48-43)50-37-24-12-8-20-32(37)42-38(50)28-27-36-41(42)31-19-7-9-21-33(31)46(36)34-22-10-13-25-39(34)51-40-26-14-11-23-35(40)46;1-2-14-28(15-3-1)42-32-18-5-10-22-37(32)46-44(47-42)48-38-23-11-6-16-29(38)30-26-27-36-41(43(30)48)31-17-4-7-19-33(31)45(36)34-20-8-12-24-39(34)49-40-25-13-9-21-35(40)45;1-2-14-28(15-3-1)43-44(47-38-22-10-9-21-37(38)46-43)48-39-23-11-5-17-30(39)32-26-36-31(27-40(32)48)29-16-4-6-18-33(29)45(36)34-19-7-12-24-41(34)49-42-25-13-8-20-35(42)45/h1-28H;2*1-27H.